The Hall–Kier alpha value is -3.61. The second-order valence-electron chi connectivity index (χ2n) is 27.7. The summed E-state index contributed by atoms with van der Waals surface area (Å²) in [5.41, 5.74) is 0. The second kappa shape index (κ2) is 79.1. The Bertz CT molecular complexity index is 1950. The number of amides is 3. The van der Waals surface area contributed by atoms with Crippen LogP contribution in [0.1, 0.15) is 374 Å². The van der Waals surface area contributed by atoms with E-state index in [1.54, 1.807) is 0 Å². The molecule has 0 fully saturated rings. The largest absolute Gasteiger partial charge is 1.00 e. The van der Waals surface area contributed by atoms with E-state index in [-0.39, 0.29) is 62.5 Å². The third-order valence-corrected chi connectivity index (χ3v) is 18.1. The minimum absolute atomic E-state index is 0. The van der Waals surface area contributed by atoms with Crippen molar-refractivity contribution < 1.29 is 80.6 Å². The third kappa shape index (κ3) is 73.6. The molecule has 3 atom stereocenters. The highest BCUT2D eigenvalue weighted by Gasteiger charge is 2.17. The molecule has 0 aliphatic rings. The van der Waals surface area contributed by atoms with Crippen molar-refractivity contribution in [2.24, 2.45) is 0 Å². The van der Waals surface area contributed by atoms with Crippen molar-refractivity contribution in [3.63, 3.8) is 0 Å². The minimum atomic E-state index is -1.01. The van der Waals surface area contributed by atoms with Crippen LogP contribution in [0, 0.1) is 0 Å². The number of Topliss-reactive ketones (excluding diaryl/α,β-unsaturated/α-hetero) is 3. The number of nitrogens with zero attached hydrogens (tertiary/aromatic N) is 1. The topological polar surface area (TPSA) is 253 Å². The first-order valence-corrected chi connectivity index (χ1v) is 40.2. The summed E-state index contributed by atoms with van der Waals surface area (Å²) in [7, 11) is 0. The zero-order valence-electron chi connectivity index (χ0n) is 63.1. The Balaban J connectivity index is -0.00000150. The van der Waals surface area contributed by atoms with E-state index in [1.807, 2.05) is 0 Å². The first kappa shape index (κ1) is 98.6. The molecule has 0 radical (unpaired) electrons. The number of pyridine rings is 1. The van der Waals surface area contributed by atoms with Gasteiger partial charge in [-0.25, -0.2) is 4.57 Å². The van der Waals surface area contributed by atoms with Gasteiger partial charge in [-0.1, -0.05) is 322 Å². The molecule has 1 heterocycles. The van der Waals surface area contributed by atoms with E-state index >= 15 is 0 Å². The molecule has 0 bridgehead atoms. The molecule has 1 rings (SSSR count). The lowest BCUT2D eigenvalue weighted by Gasteiger charge is -2.14. The molecule has 1 aromatic heterocycles. The van der Waals surface area contributed by atoms with Crippen LogP contribution in [0.4, 0.5) is 0 Å². The zero-order valence-corrected chi connectivity index (χ0v) is 64.7. The average molecular weight is 1450 g/mol. The summed E-state index contributed by atoms with van der Waals surface area (Å²) in [6, 6.07) is 6.26. The Morgan fingerprint density at radius 2 is 0.561 bits per heavy atom. The number of ketones is 3. The van der Waals surface area contributed by atoms with Crippen molar-refractivity contribution in [2.45, 2.75) is 399 Å². The maximum absolute atomic E-state index is 12.1. The lowest BCUT2D eigenvalue weighted by molar-refractivity contribution is -0.697. The average Bonchev–Trinajstić information content (AvgIpc) is 3.37. The number of carbonyl (C=O) groups excluding carboxylic acids is 6. The van der Waals surface area contributed by atoms with Gasteiger partial charge in [0, 0.05) is 63.9 Å². The standard InChI is InChI=1S/C41H72N2O4.C21H41NO4.C19H37NO4.BrH/c1-3-4-5-6-7-8-9-14-17-20-23-27-32-40(45)41(46)42-36-39(44)37-47-38(2)31-26-22-19-16-13-11-10-12-15-18-21-24-28-33-43-34-29-25-30-35-43;1-2-3-4-5-6-7-8-9-10-11-12-13-14-15-16-20(25)21(26)22-17-19(24)18-23;1-2-3-4-5-6-7-8-9-10-11-12-13-14-18(23)19(24)20-15-17(22)16-21;/h25,29-30,34-35,39,44H,2-24,26-28,31-33,36-37H2,1H3;19,23-24H,2-18H2,1H3,(H,22,26);17,21-22H,2-16H2,1H3,(H,20,24);1H. The number of aromatic nitrogens is 1. The van der Waals surface area contributed by atoms with Crippen molar-refractivity contribution in [1.82, 2.24) is 16.0 Å². The monoisotopic (exact) mass is 1450 g/mol. The Kier molecular flexibility index (Phi) is 79.6. The van der Waals surface area contributed by atoms with Crippen LogP contribution in [0.15, 0.2) is 42.9 Å². The summed E-state index contributed by atoms with van der Waals surface area (Å²) in [5.74, 6) is -2.51. The fourth-order valence-electron chi connectivity index (χ4n) is 11.6. The maximum Gasteiger partial charge on any atom is 0.287 e. The summed E-state index contributed by atoms with van der Waals surface area (Å²) in [5, 5.41) is 52.9. The van der Waals surface area contributed by atoms with Crippen LogP contribution in [0.2, 0.25) is 0 Å². The molecule has 3 unspecified atom stereocenters. The van der Waals surface area contributed by atoms with Gasteiger partial charge in [-0.15, -0.1) is 0 Å². The number of hydrogen-bond acceptors (Lipinski definition) is 12. The van der Waals surface area contributed by atoms with E-state index in [4.69, 9.17) is 25.2 Å². The number of hydrogen-bond donors (Lipinski definition) is 8. The molecule has 0 saturated heterocycles. The van der Waals surface area contributed by atoms with Crippen LogP contribution in [0.5, 0.6) is 0 Å². The molecule has 0 aliphatic carbocycles. The molecule has 0 spiro atoms. The molecule has 17 heteroatoms. The van der Waals surface area contributed by atoms with Crippen LogP contribution >= 0.6 is 0 Å². The molecule has 98 heavy (non-hydrogen) atoms. The van der Waals surface area contributed by atoms with E-state index < -0.39 is 66.6 Å². The van der Waals surface area contributed by atoms with Crippen molar-refractivity contribution in [3.8, 4) is 0 Å². The predicted molar refractivity (Wildman–Crippen MR) is 399 cm³/mol. The number of aliphatic hydroxyl groups excluding tert-OH is 5. The summed E-state index contributed by atoms with van der Waals surface area (Å²) in [6.45, 7) is 10.9. The highest BCUT2D eigenvalue weighted by molar-refractivity contribution is 6.36. The van der Waals surface area contributed by atoms with Crippen molar-refractivity contribution in [2.75, 3.05) is 39.5 Å². The molecule has 16 nitrogen and oxygen atoms in total. The number of halogens is 1. The van der Waals surface area contributed by atoms with Gasteiger partial charge in [-0.05, 0) is 32.1 Å². The number of allylic oxidation sites excluding steroid dienone is 1. The smallest absolute Gasteiger partial charge is 0.287 e. The van der Waals surface area contributed by atoms with Crippen molar-refractivity contribution in [1.29, 1.82) is 0 Å². The normalized spacial score (nSPS) is 11.8. The van der Waals surface area contributed by atoms with E-state index in [0.29, 0.717) is 5.76 Å². The minimum Gasteiger partial charge on any atom is -1.00 e. The molecular weight excluding hydrogens is 1300 g/mol. The molecule has 0 aromatic carbocycles. The number of ether oxygens (including phenoxy) is 1. The van der Waals surface area contributed by atoms with E-state index in [9.17, 15) is 33.9 Å². The van der Waals surface area contributed by atoms with Gasteiger partial charge < -0.3 is 63.2 Å². The van der Waals surface area contributed by atoms with Gasteiger partial charge in [0.1, 0.15) is 19.3 Å². The van der Waals surface area contributed by atoms with Gasteiger partial charge >= 0.3 is 0 Å². The summed E-state index contributed by atoms with van der Waals surface area (Å²) in [4.78, 5) is 70.3. The van der Waals surface area contributed by atoms with Gasteiger partial charge in [-0.2, -0.15) is 0 Å². The second-order valence-corrected chi connectivity index (χ2v) is 27.7. The summed E-state index contributed by atoms with van der Waals surface area (Å²) >= 11 is 0. The Labute approximate surface area is 609 Å². The molecule has 0 saturated carbocycles. The highest BCUT2D eigenvalue weighted by atomic mass is 79.9. The van der Waals surface area contributed by atoms with E-state index in [1.165, 1.54) is 263 Å². The molecule has 1 aromatic rings. The van der Waals surface area contributed by atoms with Crippen molar-refractivity contribution >= 4 is 35.1 Å². The fraction of sp³-hybridized carbons (Fsp3) is 0.840. The SMILES string of the molecule is C=C(CCCCCCCCCCCCCCC[n+]1ccccc1)OCC(O)CNC(=O)C(=O)CCCCCCCCCCCCCC.CCCCCCCCCCCCCCC(=O)C(=O)NCC(O)CO.CCCCCCCCCCCCCCCCC(=O)C(=O)NCC(O)CO.[Br-]. The van der Waals surface area contributed by atoms with E-state index in [0.717, 1.165) is 77.2 Å². The number of aliphatic hydroxyl groups is 5. The molecule has 0 aliphatic heterocycles. The number of carbonyl (C=O) groups is 6. The number of unbranched alkanes of at least 4 members (excludes halogenated alkanes) is 47. The molecule has 8 N–H and O–H groups in total. The molecule has 3 amide bonds. The van der Waals surface area contributed by atoms with Crippen LogP contribution in [-0.2, 0) is 40.0 Å². The lowest BCUT2D eigenvalue weighted by Crippen LogP contribution is -3.00. The van der Waals surface area contributed by atoms with Crippen LogP contribution < -0.4 is 37.5 Å². The first-order chi connectivity index (χ1) is 47.2. The fourth-order valence-corrected chi connectivity index (χ4v) is 11.6. The first-order valence-electron chi connectivity index (χ1n) is 40.2. The van der Waals surface area contributed by atoms with Gasteiger partial charge in [0.15, 0.2) is 12.4 Å². The zero-order chi connectivity index (χ0) is 71.6. The Morgan fingerprint density at radius 3 is 0.816 bits per heavy atom. The Morgan fingerprint density at radius 1 is 0.337 bits per heavy atom. The van der Waals surface area contributed by atoms with Gasteiger partial charge in [0.25, 0.3) is 17.7 Å². The summed E-state index contributed by atoms with van der Waals surface area (Å²) < 4.78 is 7.87. The quantitative estimate of drug-likeness (QED) is 0.0131. The number of nitrogens with one attached hydrogen (secondary N) is 3. The van der Waals surface area contributed by atoms with Crippen molar-refractivity contribution in [3.05, 3.63) is 42.9 Å². The molecule has 574 valence electrons. The summed E-state index contributed by atoms with van der Waals surface area (Å²) in [6.07, 6.45) is 67.0. The predicted octanol–water partition coefficient (Wildman–Crippen LogP) is 14.1. The molecular formula is C81H151BrN4O12. The van der Waals surface area contributed by atoms with Gasteiger partial charge in [0.05, 0.1) is 31.2 Å². The third-order valence-electron chi connectivity index (χ3n) is 18.1. The lowest BCUT2D eigenvalue weighted by atomic mass is 10.0. The van der Waals surface area contributed by atoms with Crippen LogP contribution in [0.25, 0.3) is 0 Å². The maximum atomic E-state index is 12.1. The van der Waals surface area contributed by atoms with Crippen LogP contribution in [0.3, 0.4) is 0 Å². The van der Waals surface area contributed by atoms with E-state index in [2.05, 4.69) is 78.5 Å². The van der Waals surface area contributed by atoms with Gasteiger partial charge in [-0.3, -0.25) is 28.8 Å². The highest BCUT2D eigenvalue weighted by Crippen LogP contribution is 2.18. The van der Waals surface area contributed by atoms with Crippen LogP contribution in [-0.4, -0.2) is 118 Å². The van der Waals surface area contributed by atoms with Gasteiger partial charge in [0.2, 0.25) is 17.3 Å². The number of aryl methyl sites for hydroxylation is 1. The number of rotatable bonds is 71.